The average Bonchev–Trinajstić information content (AvgIpc) is 1.00. The Labute approximate surface area is 80.9 Å². The molecule has 0 bridgehead atoms. The molecule has 0 aromatic carbocycles. The zero-order valence-electron chi connectivity index (χ0n) is 1.63. The fourth-order valence-electron chi connectivity index (χ4n) is 0. The summed E-state index contributed by atoms with van der Waals surface area (Å²) in [5.41, 5.74) is 0. The van der Waals surface area contributed by atoms with Gasteiger partial charge in [-0.1, -0.05) is 0 Å². The minimum Gasteiger partial charge on any atom is 0 e. The third-order valence-corrected chi connectivity index (χ3v) is 0. The Kier molecular flexibility index (Phi) is 172. The van der Waals surface area contributed by atoms with Crippen LogP contribution in [0.15, 0.2) is 0 Å². The van der Waals surface area contributed by atoms with Gasteiger partial charge in [0.05, 0.1) is 0 Å². The van der Waals surface area contributed by atoms with Crippen LogP contribution in [0, 0.1) is 0 Å². The first-order valence-electron chi connectivity index (χ1n) is 0.204. The first-order valence-corrected chi connectivity index (χ1v) is 1.37. The molecule has 0 aromatic rings. The molecule has 0 aromatic heterocycles. The molecule has 5 heteroatoms. The van der Waals surface area contributed by atoms with E-state index in [1.54, 1.807) is 0 Å². The molecule has 0 heterocycles. The van der Waals surface area contributed by atoms with E-state index in [0.29, 0.717) is 22.5 Å². The van der Waals surface area contributed by atoms with E-state index in [1.165, 1.54) is 0 Å². The third-order valence-electron chi connectivity index (χ3n) is 0. The first-order chi connectivity index (χ1) is 1.00. The van der Waals surface area contributed by atoms with Crippen molar-refractivity contribution in [3.63, 3.8) is 0 Å². The van der Waals surface area contributed by atoms with Gasteiger partial charge in [-0.25, -0.2) is 0 Å². The summed E-state index contributed by atoms with van der Waals surface area (Å²) in [6.07, 6.45) is 0. The van der Waals surface area contributed by atoms with Crippen LogP contribution in [0.3, 0.4) is 0 Å². The smallest absolute Gasteiger partial charge is 0 e. The quantitative estimate of drug-likeness (QED) is 0.482. The van der Waals surface area contributed by atoms with Crippen molar-refractivity contribution in [2.75, 3.05) is 0 Å². The third kappa shape index (κ3) is 21.6. The van der Waals surface area contributed by atoms with Crippen LogP contribution in [0.5, 0.6) is 0 Å². The Bertz CT molecular complexity index is 11.6. The minimum absolute atomic E-state index is 0. The molecule has 5 heavy (non-hydrogen) atoms. The zero-order valence-corrected chi connectivity index (χ0v) is 8.41. The summed E-state index contributed by atoms with van der Waals surface area (Å²) in [4.78, 5) is 0. The van der Waals surface area contributed by atoms with Crippen molar-refractivity contribution in [3.05, 3.63) is 0 Å². The molecule has 0 N–H and O–H groups in total. The first kappa shape index (κ1) is 26.3. The minimum atomic E-state index is 0. The summed E-state index contributed by atoms with van der Waals surface area (Å²) in [7, 11) is 0. The van der Waals surface area contributed by atoms with Crippen molar-refractivity contribution < 1.29 is 40.6 Å². The molecule has 0 aliphatic rings. The van der Waals surface area contributed by atoms with Gasteiger partial charge in [0.25, 0.3) is 0 Å². The van der Waals surface area contributed by atoms with E-state index in [4.69, 9.17) is 3.08 Å². The van der Waals surface area contributed by atoms with E-state index in [9.17, 15) is 0 Å². The Morgan fingerprint density at radius 3 is 1.20 bits per heavy atom. The van der Waals surface area contributed by atoms with Gasteiger partial charge in [-0.15, -0.1) is 0 Å². The van der Waals surface area contributed by atoms with Gasteiger partial charge in [0.15, 0.2) is 0 Å². The van der Waals surface area contributed by atoms with Gasteiger partial charge in [0, 0.05) is 37.6 Å². The van der Waals surface area contributed by atoms with Gasteiger partial charge < -0.3 is 0 Å². The number of hydrogen-bond donors (Lipinski definition) is 0. The Morgan fingerprint density at radius 1 is 1.20 bits per heavy atom. The molecule has 2 radical (unpaired) electrons. The fraction of sp³-hybridized carbons (Fsp3) is 0. The summed E-state index contributed by atoms with van der Waals surface area (Å²) >= 11 is 0.300. The standard InChI is InChI=1S/Li.Ni.O.Sn.W.H. The summed E-state index contributed by atoms with van der Waals surface area (Å²) in [6, 6.07) is 0. The van der Waals surface area contributed by atoms with Crippen molar-refractivity contribution in [2.24, 2.45) is 0 Å². The van der Waals surface area contributed by atoms with Crippen LogP contribution in [0.4, 0.5) is 0 Å². The Morgan fingerprint density at radius 2 is 1.20 bits per heavy atom. The van der Waals surface area contributed by atoms with Gasteiger partial charge in [-0.05, 0) is 0 Å². The summed E-state index contributed by atoms with van der Waals surface area (Å²) < 4.78 is 8.34. The fourth-order valence-corrected chi connectivity index (χ4v) is 0. The Balaban J connectivity index is -0.00000000167. The molecule has 0 atom stereocenters. The molecule has 0 amide bonds. The van der Waals surface area contributed by atoms with Gasteiger partial charge in [0.1, 0.15) is 0 Å². The maximum Gasteiger partial charge on any atom is 0 e. The second-order valence-corrected chi connectivity index (χ2v) is 0. The van der Waals surface area contributed by atoms with Crippen LogP contribution in [-0.2, 0) is 40.6 Å². The maximum absolute atomic E-state index is 8.34. The second kappa shape index (κ2) is 32.6. The van der Waals surface area contributed by atoms with Crippen LogP contribution in [0.2, 0.25) is 0 Å². The molecule has 0 rings (SSSR count). The molecule has 0 saturated carbocycles. The number of rotatable bonds is 0. The van der Waals surface area contributed by atoms with Gasteiger partial charge in [-0.3, -0.25) is 0 Å². The van der Waals surface area contributed by atoms with E-state index >= 15 is 0 Å². The average molecular weight is 385 g/mol. The van der Waals surface area contributed by atoms with Crippen LogP contribution in [0.1, 0.15) is 0 Å². The largest absolute Gasteiger partial charge is 0 e. The Hall–Kier alpha value is 2.38. The predicted molar refractivity (Wildman–Crippen MR) is 13.6 cm³/mol. The van der Waals surface area contributed by atoms with Crippen molar-refractivity contribution in [3.8, 4) is 0 Å². The molecule has 0 spiro atoms. The maximum atomic E-state index is 8.34. The van der Waals surface area contributed by atoms with Crippen LogP contribution >= 0.6 is 0 Å². The molecule has 1 nitrogen and oxygen atoms in total. The van der Waals surface area contributed by atoms with Crippen molar-refractivity contribution >= 4 is 41.4 Å². The summed E-state index contributed by atoms with van der Waals surface area (Å²) in [5, 5.41) is 0. The predicted octanol–water partition coefficient (Wildman–Crippen LogP) is -1.15. The SMILES string of the molecule is [LiH].[Ni].[O]=[Sn].[W]. The van der Waals surface area contributed by atoms with Crippen molar-refractivity contribution in [2.45, 2.75) is 0 Å². The monoisotopic (exact) mass is 386 g/mol. The van der Waals surface area contributed by atoms with Crippen molar-refractivity contribution in [1.29, 1.82) is 0 Å². The molecule has 0 fully saturated rings. The molecular weight excluding hydrogens is 384 g/mol. The topological polar surface area (TPSA) is 17.1 Å². The summed E-state index contributed by atoms with van der Waals surface area (Å²) in [6.45, 7) is 0. The van der Waals surface area contributed by atoms with E-state index < -0.39 is 0 Å². The number of hydrogen-bond acceptors (Lipinski definition) is 1. The van der Waals surface area contributed by atoms with E-state index in [2.05, 4.69) is 0 Å². The molecule has 0 saturated heterocycles. The van der Waals surface area contributed by atoms with Crippen molar-refractivity contribution in [1.82, 2.24) is 0 Å². The molecular formula is HLiNiOSnW. The van der Waals surface area contributed by atoms with Crippen LogP contribution < -0.4 is 0 Å². The van der Waals surface area contributed by atoms with E-state index in [-0.39, 0.29) is 56.4 Å². The molecule has 0 aliphatic heterocycles. The zero-order chi connectivity index (χ0) is 2.00. The van der Waals surface area contributed by atoms with Crippen LogP contribution in [0.25, 0.3) is 0 Å². The second-order valence-electron chi connectivity index (χ2n) is 0. The molecule has 28 valence electrons. The van der Waals surface area contributed by atoms with Crippen LogP contribution in [-0.4, -0.2) is 41.4 Å². The molecule has 0 unspecified atom stereocenters. The van der Waals surface area contributed by atoms with E-state index in [1.807, 2.05) is 0 Å². The van der Waals surface area contributed by atoms with E-state index in [0.717, 1.165) is 0 Å². The summed E-state index contributed by atoms with van der Waals surface area (Å²) in [5.74, 6) is 0. The molecule has 0 aliphatic carbocycles. The normalized spacial score (nSPS) is 0.800. The van der Waals surface area contributed by atoms with Gasteiger partial charge >= 0.3 is 44.4 Å². The van der Waals surface area contributed by atoms with Gasteiger partial charge in [0.2, 0.25) is 0 Å². The van der Waals surface area contributed by atoms with Gasteiger partial charge in [-0.2, -0.15) is 0 Å².